The number of nitrogens with one attached hydrogen (secondary N) is 2. The van der Waals surface area contributed by atoms with Crippen LogP contribution in [0.1, 0.15) is 71.8 Å². The predicted octanol–water partition coefficient (Wildman–Crippen LogP) is 5.52. The molecule has 9 heteroatoms. The smallest absolute Gasteiger partial charge is 0.300 e. The molecule has 1 aliphatic rings. The Morgan fingerprint density at radius 3 is 2.41 bits per heavy atom. The average molecular weight is 486 g/mol. The number of unbranched alkanes of at least 4 members (excludes halogenated alkanes) is 5. The van der Waals surface area contributed by atoms with Crippen LogP contribution < -0.4 is 10.6 Å². The minimum Gasteiger partial charge on any atom is -0.481 e. The number of rotatable bonds is 9. The Balaban J connectivity index is 0.00000118. The predicted molar refractivity (Wildman–Crippen MR) is 135 cm³/mol. The van der Waals surface area contributed by atoms with Crippen LogP contribution in [0.4, 0.5) is 0 Å². The maximum atomic E-state index is 9.00. The largest absolute Gasteiger partial charge is 0.481 e. The number of carbonyl (C=O) groups is 1. The van der Waals surface area contributed by atoms with Crippen molar-refractivity contribution < 1.29 is 9.90 Å². The van der Waals surface area contributed by atoms with Crippen molar-refractivity contribution in [1.29, 1.82) is 0 Å². The molecule has 3 N–H and O–H groups in total. The molecule has 0 bridgehead atoms. The summed E-state index contributed by atoms with van der Waals surface area (Å²) >= 11 is 12.1. The molecular formula is C23H37Cl2N5O2. The molecule has 0 atom stereocenters. The lowest BCUT2D eigenvalue weighted by Gasteiger charge is -2.34. The van der Waals surface area contributed by atoms with Crippen molar-refractivity contribution in [3.05, 3.63) is 33.8 Å². The first-order valence-electron chi connectivity index (χ1n) is 11.1. The Morgan fingerprint density at radius 1 is 1.16 bits per heavy atom. The highest BCUT2D eigenvalue weighted by Gasteiger charge is 2.26. The summed E-state index contributed by atoms with van der Waals surface area (Å²) in [6.45, 7) is 8.91. The van der Waals surface area contributed by atoms with Crippen LogP contribution in [0.15, 0.2) is 28.2 Å². The van der Waals surface area contributed by atoms with E-state index in [0.717, 1.165) is 31.0 Å². The van der Waals surface area contributed by atoms with Gasteiger partial charge in [-0.1, -0.05) is 68.3 Å². The molecule has 0 radical (unpaired) electrons. The summed E-state index contributed by atoms with van der Waals surface area (Å²) in [7, 11) is 2.08. The van der Waals surface area contributed by atoms with Gasteiger partial charge in [-0.3, -0.25) is 10.1 Å². The van der Waals surface area contributed by atoms with E-state index in [0.29, 0.717) is 16.6 Å². The molecular weight excluding hydrogens is 449 g/mol. The zero-order valence-electron chi connectivity index (χ0n) is 19.8. The fourth-order valence-corrected chi connectivity index (χ4v) is 3.37. The maximum Gasteiger partial charge on any atom is 0.300 e. The Hall–Kier alpha value is -1.99. The summed E-state index contributed by atoms with van der Waals surface area (Å²) in [6.07, 6.45) is 7.70. The molecule has 1 aromatic rings. The number of aliphatic imine (C=N–C) groups is 2. The summed E-state index contributed by atoms with van der Waals surface area (Å²) in [5, 5.41) is 15.2. The van der Waals surface area contributed by atoms with Gasteiger partial charge in [0, 0.05) is 20.5 Å². The van der Waals surface area contributed by atoms with Crippen LogP contribution in [0.2, 0.25) is 10.0 Å². The first-order valence-corrected chi connectivity index (χ1v) is 11.8. The van der Waals surface area contributed by atoms with E-state index in [-0.39, 0.29) is 0 Å². The number of guanidine groups is 2. The molecule has 1 aliphatic heterocycles. The molecule has 0 amide bonds. The van der Waals surface area contributed by atoms with Crippen LogP contribution in [0.3, 0.4) is 0 Å². The van der Waals surface area contributed by atoms with Crippen LogP contribution in [0.5, 0.6) is 0 Å². The Labute approximate surface area is 202 Å². The second-order valence-corrected chi connectivity index (χ2v) is 9.18. The standard InChI is InChI=1S/C21H33Cl2N5.C2H4O2/c1-5-6-7-8-9-10-13-28(4)20-25-19(26-21(2,3)27-20)24-15-16-11-12-17(22)18(23)14-16;1-2(3)4/h11-12,14H,5-10,13,15H2,1-4H3,(H2,24,25,26,27);1H3,(H,3,4). The molecule has 1 aromatic carbocycles. The Kier molecular flexibility index (Phi) is 12.5. The van der Waals surface area contributed by atoms with Gasteiger partial charge in [-0.2, -0.15) is 0 Å². The lowest BCUT2D eigenvalue weighted by Crippen LogP contribution is -2.59. The molecule has 0 saturated carbocycles. The molecule has 0 saturated heterocycles. The van der Waals surface area contributed by atoms with E-state index in [1.165, 1.54) is 38.5 Å². The summed E-state index contributed by atoms with van der Waals surface area (Å²) in [5.74, 6) is 0.737. The number of carboxylic acids is 1. The van der Waals surface area contributed by atoms with Crippen LogP contribution in [0, 0.1) is 0 Å². The van der Waals surface area contributed by atoms with Gasteiger partial charge in [0.2, 0.25) is 5.96 Å². The van der Waals surface area contributed by atoms with Crippen molar-refractivity contribution in [3.8, 4) is 0 Å². The van der Waals surface area contributed by atoms with Gasteiger partial charge in [-0.25, -0.2) is 9.98 Å². The van der Waals surface area contributed by atoms with E-state index in [9.17, 15) is 0 Å². The molecule has 2 rings (SSSR count). The number of hydrogen-bond donors (Lipinski definition) is 3. The SMILES string of the molecule is CC(=O)O.CCCCCCCCN(C)C1=NC(C)(C)NC(=NCc2ccc(Cl)c(Cl)c2)N1. The normalized spacial score (nSPS) is 15.7. The van der Waals surface area contributed by atoms with E-state index in [1.54, 1.807) is 6.07 Å². The number of aliphatic carboxylic acids is 1. The van der Waals surface area contributed by atoms with Crippen molar-refractivity contribution in [1.82, 2.24) is 15.5 Å². The molecule has 180 valence electrons. The lowest BCUT2D eigenvalue weighted by atomic mass is 10.1. The molecule has 0 unspecified atom stereocenters. The van der Waals surface area contributed by atoms with Crippen molar-refractivity contribution in [3.63, 3.8) is 0 Å². The van der Waals surface area contributed by atoms with Gasteiger partial charge in [-0.05, 0) is 38.0 Å². The van der Waals surface area contributed by atoms with E-state index in [1.807, 2.05) is 26.0 Å². The van der Waals surface area contributed by atoms with E-state index in [2.05, 4.69) is 34.5 Å². The number of benzene rings is 1. The van der Waals surface area contributed by atoms with Crippen molar-refractivity contribution in [2.24, 2.45) is 9.98 Å². The highest BCUT2D eigenvalue weighted by molar-refractivity contribution is 6.42. The molecule has 0 fully saturated rings. The second kappa shape index (κ2) is 14.2. The lowest BCUT2D eigenvalue weighted by molar-refractivity contribution is -0.134. The second-order valence-electron chi connectivity index (χ2n) is 8.37. The third-order valence-corrected chi connectivity index (χ3v) is 5.39. The Morgan fingerprint density at radius 2 is 1.78 bits per heavy atom. The topological polar surface area (TPSA) is 89.3 Å². The first-order chi connectivity index (χ1) is 15.0. The summed E-state index contributed by atoms with van der Waals surface area (Å²) in [5.41, 5.74) is 0.597. The quantitative estimate of drug-likeness (QED) is 0.400. The maximum absolute atomic E-state index is 9.00. The summed E-state index contributed by atoms with van der Waals surface area (Å²) in [4.78, 5) is 20.6. The molecule has 0 spiro atoms. The summed E-state index contributed by atoms with van der Waals surface area (Å²) < 4.78 is 0. The van der Waals surface area contributed by atoms with Crippen LogP contribution >= 0.6 is 23.2 Å². The molecule has 0 aliphatic carbocycles. The monoisotopic (exact) mass is 485 g/mol. The third kappa shape index (κ3) is 11.6. The van der Waals surface area contributed by atoms with Crippen molar-refractivity contribution >= 4 is 41.1 Å². The van der Waals surface area contributed by atoms with Crippen LogP contribution in [0.25, 0.3) is 0 Å². The number of hydrogen-bond acceptors (Lipinski definition) is 4. The van der Waals surface area contributed by atoms with E-state index in [4.69, 9.17) is 38.1 Å². The zero-order chi connectivity index (χ0) is 24.1. The first kappa shape index (κ1) is 28.0. The van der Waals surface area contributed by atoms with Crippen molar-refractivity contribution in [2.75, 3.05) is 13.6 Å². The number of nitrogens with zero attached hydrogens (tertiary/aromatic N) is 3. The number of carboxylic acid groups (broad SMARTS) is 1. The van der Waals surface area contributed by atoms with Crippen molar-refractivity contribution in [2.45, 2.75) is 78.4 Å². The highest BCUT2D eigenvalue weighted by Crippen LogP contribution is 2.23. The van der Waals surface area contributed by atoms with Gasteiger partial charge in [-0.15, -0.1) is 0 Å². The fourth-order valence-electron chi connectivity index (χ4n) is 3.05. The zero-order valence-corrected chi connectivity index (χ0v) is 21.4. The molecule has 1 heterocycles. The molecule has 7 nitrogen and oxygen atoms in total. The van der Waals surface area contributed by atoms with Crippen LogP contribution in [-0.2, 0) is 11.3 Å². The summed E-state index contributed by atoms with van der Waals surface area (Å²) in [6, 6.07) is 5.58. The fraction of sp³-hybridized carbons (Fsp3) is 0.609. The highest BCUT2D eigenvalue weighted by atomic mass is 35.5. The van der Waals surface area contributed by atoms with Gasteiger partial charge in [0.15, 0.2) is 5.96 Å². The van der Waals surface area contributed by atoms with E-state index >= 15 is 0 Å². The number of halogens is 2. The van der Waals surface area contributed by atoms with Gasteiger partial charge < -0.3 is 15.3 Å². The van der Waals surface area contributed by atoms with Gasteiger partial charge in [0.25, 0.3) is 5.97 Å². The minimum atomic E-state index is -0.833. The average Bonchev–Trinajstić information content (AvgIpc) is 2.70. The van der Waals surface area contributed by atoms with Gasteiger partial charge >= 0.3 is 0 Å². The minimum absolute atomic E-state index is 0.410. The van der Waals surface area contributed by atoms with Gasteiger partial charge in [0.1, 0.15) is 5.66 Å². The van der Waals surface area contributed by atoms with E-state index < -0.39 is 11.6 Å². The Bertz CT molecular complexity index is 793. The molecule has 0 aromatic heterocycles. The van der Waals surface area contributed by atoms with Crippen LogP contribution in [-0.4, -0.2) is 47.2 Å². The molecule has 32 heavy (non-hydrogen) atoms. The third-order valence-electron chi connectivity index (χ3n) is 4.65. The van der Waals surface area contributed by atoms with Gasteiger partial charge in [0.05, 0.1) is 16.6 Å².